The maximum atomic E-state index is 13.2. The average Bonchev–Trinajstić information content (AvgIpc) is 2.74. The number of alkyl halides is 3. The van der Waals surface area contributed by atoms with Crippen LogP contribution in [0.4, 0.5) is 18.9 Å². The highest BCUT2D eigenvalue weighted by molar-refractivity contribution is 7.92. The second kappa shape index (κ2) is 10.8. The summed E-state index contributed by atoms with van der Waals surface area (Å²) >= 11 is 12.1. The summed E-state index contributed by atoms with van der Waals surface area (Å²) in [4.78, 5) is 26.6. The van der Waals surface area contributed by atoms with Gasteiger partial charge in [-0.15, -0.1) is 0 Å². The van der Waals surface area contributed by atoms with Gasteiger partial charge in [0.25, 0.3) is 0 Å². The molecule has 0 aliphatic rings. The molecule has 0 saturated heterocycles. The third-order valence-electron chi connectivity index (χ3n) is 4.91. The van der Waals surface area contributed by atoms with E-state index < -0.39 is 46.2 Å². The number of hydrogen-bond donors (Lipinski definition) is 1. The van der Waals surface area contributed by atoms with Crippen LogP contribution in [0, 0.1) is 0 Å². The predicted molar refractivity (Wildman–Crippen MR) is 124 cm³/mol. The second-order valence-corrected chi connectivity index (χ2v) is 10.1. The van der Waals surface area contributed by atoms with E-state index in [-0.39, 0.29) is 17.3 Å². The van der Waals surface area contributed by atoms with Crippen LogP contribution >= 0.6 is 23.2 Å². The number of halogens is 5. The molecular formula is C21H22Cl2F3N3O4S. The van der Waals surface area contributed by atoms with Gasteiger partial charge in [-0.2, -0.15) is 13.2 Å². The molecule has 0 aliphatic heterocycles. The number of rotatable bonds is 8. The number of sulfonamides is 1. The van der Waals surface area contributed by atoms with Crippen LogP contribution in [0.5, 0.6) is 0 Å². The highest BCUT2D eigenvalue weighted by Crippen LogP contribution is 2.32. The highest BCUT2D eigenvalue weighted by atomic mass is 35.5. The molecule has 2 amide bonds. The minimum Gasteiger partial charge on any atom is -0.357 e. The van der Waals surface area contributed by atoms with Crippen molar-refractivity contribution in [3.63, 3.8) is 0 Å². The minimum atomic E-state index is -4.71. The maximum Gasteiger partial charge on any atom is 0.416 e. The lowest BCUT2D eigenvalue weighted by molar-refractivity contribution is -0.139. The Kier molecular flexibility index (Phi) is 8.84. The first-order valence-electron chi connectivity index (χ1n) is 9.75. The Bertz CT molecular complexity index is 1180. The number of benzene rings is 2. The lowest BCUT2D eigenvalue weighted by Crippen LogP contribution is -2.50. The van der Waals surface area contributed by atoms with E-state index >= 15 is 0 Å². The van der Waals surface area contributed by atoms with E-state index in [1.54, 1.807) is 6.07 Å². The summed E-state index contributed by atoms with van der Waals surface area (Å²) in [7, 11) is -2.81. The molecule has 0 unspecified atom stereocenters. The van der Waals surface area contributed by atoms with E-state index in [0.717, 1.165) is 29.4 Å². The Morgan fingerprint density at radius 3 is 2.29 bits per heavy atom. The number of nitrogens with one attached hydrogen (secondary N) is 1. The van der Waals surface area contributed by atoms with Crippen molar-refractivity contribution in [2.45, 2.75) is 25.7 Å². The molecule has 0 aromatic heterocycles. The third-order valence-corrected chi connectivity index (χ3v) is 6.64. The maximum absolute atomic E-state index is 13.2. The number of likely N-dealkylation sites (N-methyl/N-ethyl adjacent to an activating group) is 1. The summed E-state index contributed by atoms with van der Waals surface area (Å²) in [5, 5.41) is 2.97. The molecule has 186 valence electrons. The lowest BCUT2D eigenvalue weighted by Gasteiger charge is -2.31. The van der Waals surface area contributed by atoms with Crippen molar-refractivity contribution in [1.82, 2.24) is 10.2 Å². The molecule has 2 aromatic carbocycles. The predicted octanol–water partition coefficient (Wildman–Crippen LogP) is 3.94. The zero-order chi connectivity index (χ0) is 25.8. The fraction of sp³-hybridized carbons (Fsp3) is 0.333. The van der Waals surface area contributed by atoms with Crippen molar-refractivity contribution in [2.75, 3.05) is 24.2 Å². The van der Waals surface area contributed by atoms with Gasteiger partial charge in [-0.25, -0.2) is 8.42 Å². The molecule has 0 saturated carbocycles. The summed E-state index contributed by atoms with van der Waals surface area (Å²) in [5.41, 5.74) is -0.988. The average molecular weight is 540 g/mol. The number of nitrogens with zero attached hydrogens (tertiary/aromatic N) is 2. The molecule has 0 heterocycles. The fourth-order valence-corrected chi connectivity index (χ4v) is 4.39. The minimum absolute atomic E-state index is 0.177. The first-order valence-corrected chi connectivity index (χ1v) is 12.4. The fourth-order valence-electron chi connectivity index (χ4n) is 3.08. The molecular weight excluding hydrogens is 518 g/mol. The smallest absolute Gasteiger partial charge is 0.357 e. The topological polar surface area (TPSA) is 86.8 Å². The van der Waals surface area contributed by atoms with Crippen LogP contribution in [0.2, 0.25) is 10.0 Å². The van der Waals surface area contributed by atoms with Crippen molar-refractivity contribution in [2.24, 2.45) is 0 Å². The van der Waals surface area contributed by atoms with Crippen LogP contribution in [0.3, 0.4) is 0 Å². The molecule has 34 heavy (non-hydrogen) atoms. The molecule has 0 fully saturated rings. The summed E-state index contributed by atoms with van der Waals surface area (Å²) in [5.74, 6) is -1.37. The van der Waals surface area contributed by atoms with Crippen LogP contribution in [-0.4, -0.2) is 51.0 Å². The number of carbonyl (C=O) groups is 2. The van der Waals surface area contributed by atoms with Crippen LogP contribution < -0.4 is 9.62 Å². The molecule has 0 radical (unpaired) electrons. The molecule has 2 rings (SSSR count). The molecule has 0 spiro atoms. The Balaban J connectivity index is 2.46. The zero-order valence-corrected chi connectivity index (χ0v) is 20.7. The molecule has 7 nitrogen and oxygen atoms in total. The molecule has 1 atom stereocenters. The number of anilines is 1. The van der Waals surface area contributed by atoms with Gasteiger partial charge in [0.2, 0.25) is 21.8 Å². The monoisotopic (exact) mass is 539 g/mol. The van der Waals surface area contributed by atoms with E-state index in [4.69, 9.17) is 23.2 Å². The Morgan fingerprint density at radius 2 is 1.76 bits per heavy atom. The highest BCUT2D eigenvalue weighted by Gasteiger charge is 2.33. The zero-order valence-electron chi connectivity index (χ0n) is 18.4. The van der Waals surface area contributed by atoms with Crippen molar-refractivity contribution in [3.05, 3.63) is 63.6 Å². The number of carbonyl (C=O) groups excluding carboxylic acids is 2. The van der Waals surface area contributed by atoms with Gasteiger partial charge in [-0.3, -0.25) is 13.9 Å². The van der Waals surface area contributed by atoms with Gasteiger partial charge in [0.15, 0.2) is 0 Å². The Labute approximate surface area is 205 Å². The molecule has 0 aliphatic carbocycles. The molecule has 1 N–H and O–H groups in total. The Morgan fingerprint density at radius 1 is 1.12 bits per heavy atom. The van der Waals surface area contributed by atoms with Crippen molar-refractivity contribution in [1.29, 1.82) is 0 Å². The summed E-state index contributed by atoms with van der Waals surface area (Å²) in [6.07, 6.45) is -3.95. The van der Waals surface area contributed by atoms with Gasteiger partial charge < -0.3 is 10.2 Å². The van der Waals surface area contributed by atoms with Crippen LogP contribution in [0.25, 0.3) is 0 Å². The largest absolute Gasteiger partial charge is 0.416 e. The van der Waals surface area contributed by atoms with Crippen molar-refractivity contribution < 1.29 is 31.2 Å². The molecule has 0 bridgehead atoms. The lowest BCUT2D eigenvalue weighted by atomic mass is 10.1. The first-order chi connectivity index (χ1) is 15.6. The molecule has 2 aromatic rings. The summed E-state index contributed by atoms with van der Waals surface area (Å²) in [6, 6.07) is 7.07. The van der Waals surface area contributed by atoms with E-state index in [0.29, 0.717) is 21.0 Å². The van der Waals surface area contributed by atoms with Gasteiger partial charge in [-0.1, -0.05) is 35.3 Å². The van der Waals surface area contributed by atoms with Crippen LogP contribution in [-0.2, 0) is 32.3 Å². The summed E-state index contributed by atoms with van der Waals surface area (Å²) in [6.45, 7) is 0.409. The second-order valence-electron chi connectivity index (χ2n) is 7.37. The van der Waals surface area contributed by atoms with Crippen LogP contribution in [0.1, 0.15) is 18.1 Å². The van der Waals surface area contributed by atoms with Gasteiger partial charge >= 0.3 is 6.18 Å². The Hall–Kier alpha value is -2.50. The number of hydrogen-bond acceptors (Lipinski definition) is 4. The standard InChI is InChI=1S/C21H22Cl2F3N3O4S/c1-13(20(31)27-2)28(11-14-7-8-16(22)10-18(14)23)19(30)12-29(34(3,32)33)17-6-4-5-15(9-17)21(24,25)26/h4-10,13H,11-12H2,1-3H3,(H,27,31)/t13-/m1/s1. The summed E-state index contributed by atoms with van der Waals surface area (Å²) < 4.78 is 64.8. The van der Waals surface area contributed by atoms with Gasteiger partial charge in [0.1, 0.15) is 12.6 Å². The van der Waals surface area contributed by atoms with Crippen LogP contribution in [0.15, 0.2) is 42.5 Å². The quantitative estimate of drug-likeness (QED) is 0.550. The third kappa shape index (κ3) is 7.00. The molecule has 13 heteroatoms. The van der Waals surface area contributed by atoms with E-state index in [1.807, 2.05) is 0 Å². The van der Waals surface area contributed by atoms with Crippen molar-refractivity contribution >= 4 is 50.7 Å². The normalized spacial score (nSPS) is 12.7. The van der Waals surface area contributed by atoms with Crippen molar-refractivity contribution in [3.8, 4) is 0 Å². The van der Waals surface area contributed by atoms with Gasteiger partial charge in [-0.05, 0) is 42.8 Å². The van der Waals surface area contributed by atoms with Gasteiger partial charge in [0, 0.05) is 23.6 Å². The van der Waals surface area contributed by atoms with Gasteiger partial charge in [0.05, 0.1) is 17.5 Å². The van der Waals surface area contributed by atoms with E-state index in [2.05, 4.69) is 5.32 Å². The van der Waals surface area contributed by atoms with E-state index in [1.165, 1.54) is 26.1 Å². The van der Waals surface area contributed by atoms with E-state index in [9.17, 15) is 31.2 Å². The number of amides is 2. The SMILES string of the molecule is CNC(=O)[C@@H](C)N(Cc1ccc(Cl)cc1Cl)C(=O)CN(c1cccc(C(F)(F)F)c1)S(C)(=O)=O. The first kappa shape index (κ1) is 27.7.